The maximum Gasteiger partial charge on any atom is 0.0352 e. The van der Waals surface area contributed by atoms with E-state index >= 15 is 0 Å². The van der Waals surface area contributed by atoms with Crippen LogP contribution in [0.15, 0.2) is 36.4 Å². The number of hydrogen-bond donors (Lipinski definition) is 1. The highest BCUT2D eigenvalue weighted by molar-refractivity contribution is 5.89. The molecule has 1 heteroatoms. The molecule has 2 rings (SSSR count). The molecule has 1 N–H and O–H groups in total. The lowest BCUT2D eigenvalue weighted by Gasteiger charge is -2.04. The fourth-order valence-corrected chi connectivity index (χ4v) is 1.88. The second-order valence-electron chi connectivity index (χ2n) is 4.13. The molecule has 0 bridgehead atoms. The summed E-state index contributed by atoms with van der Waals surface area (Å²) in [5.41, 5.74) is 2.42. The predicted molar refractivity (Wildman–Crippen MR) is 74.1 cm³/mol. The molecule has 0 fully saturated rings. The van der Waals surface area contributed by atoms with Crippen molar-refractivity contribution in [3.8, 4) is 11.8 Å². The highest BCUT2D eigenvalue weighted by Gasteiger charge is 2.00. The molecule has 0 aliphatic rings. The minimum absolute atomic E-state index is 0.888. The van der Waals surface area contributed by atoms with Crippen molar-refractivity contribution in [3.63, 3.8) is 0 Å². The van der Waals surface area contributed by atoms with Crippen molar-refractivity contribution in [1.29, 1.82) is 0 Å². The molecule has 0 saturated heterocycles. The molecular weight excluding hydrogens is 206 g/mol. The Balaban J connectivity index is 2.43. The molecule has 0 saturated carbocycles. The predicted octanol–water partition coefficient (Wildman–Crippen LogP) is 3.11. The van der Waals surface area contributed by atoms with Crippen molar-refractivity contribution in [2.24, 2.45) is 0 Å². The van der Waals surface area contributed by atoms with Crippen molar-refractivity contribution >= 4 is 10.8 Å². The monoisotopic (exact) mass is 223 g/mol. The van der Waals surface area contributed by atoms with E-state index in [-0.39, 0.29) is 0 Å². The third kappa shape index (κ3) is 2.67. The summed E-state index contributed by atoms with van der Waals surface area (Å²) in [5, 5.41) is 5.62. The first kappa shape index (κ1) is 11.7. The molecule has 1 nitrogen and oxygen atoms in total. The van der Waals surface area contributed by atoms with Gasteiger partial charge in [0.15, 0.2) is 0 Å². The summed E-state index contributed by atoms with van der Waals surface area (Å²) in [6.45, 7) is 3.06. The zero-order valence-corrected chi connectivity index (χ0v) is 10.4. The Morgan fingerprint density at radius 2 is 1.94 bits per heavy atom. The largest absolute Gasteiger partial charge is 0.319 e. The van der Waals surface area contributed by atoms with Crippen molar-refractivity contribution in [3.05, 3.63) is 47.5 Å². The Labute approximate surface area is 103 Å². The van der Waals surface area contributed by atoms with Crippen LogP contribution in [0.1, 0.15) is 17.5 Å². The highest BCUT2D eigenvalue weighted by Crippen LogP contribution is 2.21. The summed E-state index contributed by atoms with van der Waals surface area (Å²) in [6, 6.07) is 12.7. The van der Waals surface area contributed by atoms with Gasteiger partial charge in [-0.05, 0) is 30.3 Å². The summed E-state index contributed by atoms with van der Waals surface area (Å²) in [6.07, 6.45) is 0.888. The average molecular weight is 223 g/mol. The number of hydrogen-bond acceptors (Lipinski definition) is 1. The Bertz CT molecular complexity index is 573. The maximum atomic E-state index is 3.30. The normalized spacial score (nSPS) is 10.0. The third-order valence-electron chi connectivity index (χ3n) is 2.85. The highest BCUT2D eigenvalue weighted by atomic mass is 14.8. The molecule has 0 atom stereocenters. The second-order valence-corrected chi connectivity index (χ2v) is 4.13. The van der Waals surface area contributed by atoms with Gasteiger partial charge in [-0.3, -0.25) is 0 Å². The van der Waals surface area contributed by atoms with E-state index in [4.69, 9.17) is 0 Å². The molecular formula is C16H17N. The molecule has 0 radical (unpaired) electrons. The van der Waals surface area contributed by atoms with Gasteiger partial charge in [0.2, 0.25) is 0 Å². The molecule has 2 aromatic rings. The van der Waals surface area contributed by atoms with E-state index in [0.717, 1.165) is 13.0 Å². The maximum absolute atomic E-state index is 3.30. The lowest BCUT2D eigenvalue weighted by molar-refractivity contribution is 0.818. The smallest absolute Gasteiger partial charge is 0.0352 e. The summed E-state index contributed by atoms with van der Waals surface area (Å²) in [4.78, 5) is 0. The zero-order valence-electron chi connectivity index (χ0n) is 10.4. The van der Waals surface area contributed by atoms with Crippen LogP contribution in [0.2, 0.25) is 0 Å². The minimum Gasteiger partial charge on any atom is -0.319 e. The van der Waals surface area contributed by atoms with Crippen LogP contribution in [-0.2, 0) is 0 Å². The van der Waals surface area contributed by atoms with Gasteiger partial charge >= 0.3 is 0 Å². The summed E-state index contributed by atoms with van der Waals surface area (Å²) < 4.78 is 0. The van der Waals surface area contributed by atoms with E-state index in [2.05, 4.69) is 60.5 Å². The van der Waals surface area contributed by atoms with Crippen molar-refractivity contribution < 1.29 is 0 Å². The molecule has 17 heavy (non-hydrogen) atoms. The molecule has 86 valence electrons. The number of fused-ring (bicyclic) bond motifs is 1. The fourth-order valence-electron chi connectivity index (χ4n) is 1.88. The van der Waals surface area contributed by atoms with Gasteiger partial charge in [0.1, 0.15) is 0 Å². The van der Waals surface area contributed by atoms with Crippen molar-refractivity contribution in [2.75, 3.05) is 13.6 Å². The van der Waals surface area contributed by atoms with E-state index in [1.54, 1.807) is 0 Å². The molecule has 0 heterocycles. The molecule has 0 aliphatic heterocycles. The number of aryl methyl sites for hydroxylation is 1. The first-order chi connectivity index (χ1) is 8.33. The van der Waals surface area contributed by atoms with Gasteiger partial charge in [-0.15, -0.1) is 0 Å². The van der Waals surface area contributed by atoms with E-state index < -0.39 is 0 Å². The van der Waals surface area contributed by atoms with E-state index in [1.165, 1.54) is 21.9 Å². The fraction of sp³-hybridized carbons (Fsp3) is 0.250. The van der Waals surface area contributed by atoms with Gasteiger partial charge in [0, 0.05) is 18.5 Å². The van der Waals surface area contributed by atoms with Crippen molar-refractivity contribution in [1.82, 2.24) is 5.32 Å². The summed E-state index contributed by atoms with van der Waals surface area (Å²) in [7, 11) is 1.95. The summed E-state index contributed by atoms with van der Waals surface area (Å²) in [5.74, 6) is 6.52. The van der Waals surface area contributed by atoms with Gasteiger partial charge in [0.25, 0.3) is 0 Å². The van der Waals surface area contributed by atoms with Gasteiger partial charge < -0.3 is 5.32 Å². The SMILES string of the molecule is CNCCC#Cc1c(C)ccc2ccccc12. The minimum atomic E-state index is 0.888. The van der Waals surface area contributed by atoms with E-state index in [9.17, 15) is 0 Å². The van der Waals surface area contributed by atoms with Gasteiger partial charge in [-0.25, -0.2) is 0 Å². The lowest BCUT2D eigenvalue weighted by Crippen LogP contribution is -2.05. The van der Waals surface area contributed by atoms with Gasteiger partial charge in [0.05, 0.1) is 0 Å². The Morgan fingerprint density at radius 3 is 2.76 bits per heavy atom. The Morgan fingerprint density at radius 1 is 1.12 bits per heavy atom. The van der Waals surface area contributed by atoms with Crippen LogP contribution >= 0.6 is 0 Å². The van der Waals surface area contributed by atoms with Crippen LogP contribution < -0.4 is 5.32 Å². The zero-order chi connectivity index (χ0) is 12.1. The third-order valence-corrected chi connectivity index (χ3v) is 2.85. The molecule has 0 aliphatic carbocycles. The summed E-state index contributed by atoms with van der Waals surface area (Å²) >= 11 is 0. The Kier molecular flexibility index (Phi) is 3.80. The van der Waals surface area contributed by atoms with Crippen LogP contribution in [0.25, 0.3) is 10.8 Å². The van der Waals surface area contributed by atoms with E-state index in [0.29, 0.717) is 0 Å². The Hall–Kier alpha value is -1.78. The van der Waals surface area contributed by atoms with Crippen LogP contribution in [0.4, 0.5) is 0 Å². The molecule has 0 unspecified atom stereocenters. The average Bonchev–Trinajstić information content (AvgIpc) is 2.37. The van der Waals surface area contributed by atoms with Crippen LogP contribution in [0.3, 0.4) is 0 Å². The number of benzene rings is 2. The number of nitrogens with one attached hydrogen (secondary N) is 1. The van der Waals surface area contributed by atoms with Gasteiger partial charge in [-0.2, -0.15) is 0 Å². The first-order valence-electron chi connectivity index (χ1n) is 5.95. The molecule has 2 aromatic carbocycles. The van der Waals surface area contributed by atoms with Crippen LogP contribution in [0.5, 0.6) is 0 Å². The molecule has 0 aromatic heterocycles. The quantitative estimate of drug-likeness (QED) is 0.609. The van der Waals surface area contributed by atoms with E-state index in [1.807, 2.05) is 7.05 Å². The van der Waals surface area contributed by atoms with Gasteiger partial charge in [-0.1, -0.05) is 48.2 Å². The standard InChI is InChI=1S/C16H17N/c1-13-10-11-14-7-3-4-9-16(14)15(13)8-5-6-12-17-2/h3-4,7,9-11,17H,6,12H2,1-2H3. The topological polar surface area (TPSA) is 12.0 Å². The van der Waals surface area contributed by atoms with Crippen LogP contribution in [-0.4, -0.2) is 13.6 Å². The van der Waals surface area contributed by atoms with Crippen molar-refractivity contribution in [2.45, 2.75) is 13.3 Å². The van der Waals surface area contributed by atoms with Crippen LogP contribution in [0, 0.1) is 18.8 Å². The number of rotatable bonds is 2. The molecule has 0 amide bonds. The molecule has 0 spiro atoms. The lowest BCUT2D eigenvalue weighted by atomic mass is 10.00. The second kappa shape index (κ2) is 5.52. The first-order valence-corrected chi connectivity index (χ1v) is 5.95.